The molecule has 2 aromatic rings. The van der Waals surface area contributed by atoms with Crippen LogP contribution >= 0.6 is 11.6 Å². The molecule has 0 aromatic heterocycles. The molecule has 2 amide bonds. The predicted molar refractivity (Wildman–Crippen MR) is 115 cm³/mol. The third-order valence-corrected chi connectivity index (χ3v) is 5.51. The number of rotatable bonds is 6. The van der Waals surface area contributed by atoms with Gasteiger partial charge in [-0.15, -0.1) is 0 Å². The van der Waals surface area contributed by atoms with E-state index in [9.17, 15) is 27.6 Å². The Morgan fingerprint density at radius 2 is 1.82 bits per heavy atom. The first kappa shape index (κ1) is 24.3. The van der Waals surface area contributed by atoms with Crippen LogP contribution in [0.2, 0.25) is 5.02 Å². The lowest BCUT2D eigenvalue weighted by molar-refractivity contribution is -0.138. The van der Waals surface area contributed by atoms with Gasteiger partial charge in [-0.3, -0.25) is 14.4 Å². The van der Waals surface area contributed by atoms with E-state index in [1.54, 1.807) is 17.0 Å². The summed E-state index contributed by atoms with van der Waals surface area (Å²) in [6.07, 6.45) is -1.58. The second-order valence-electron chi connectivity index (χ2n) is 7.52. The molecule has 1 aliphatic heterocycles. The molecule has 10 heteroatoms. The molecule has 0 bridgehead atoms. The fourth-order valence-corrected chi connectivity index (χ4v) is 3.68. The molecule has 1 heterocycles. The zero-order chi connectivity index (χ0) is 24.2. The van der Waals surface area contributed by atoms with Gasteiger partial charge in [0.1, 0.15) is 0 Å². The number of carbonyl (C=O) groups is 3. The molecule has 0 radical (unpaired) electrons. The molecule has 0 unspecified atom stereocenters. The molecule has 0 saturated carbocycles. The van der Waals surface area contributed by atoms with Crippen LogP contribution in [0.25, 0.3) is 6.08 Å². The van der Waals surface area contributed by atoms with Crippen LogP contribution in [-0.2, 0) is 39.9 Å². The Bertz CT molecular complexity index is 1100. The number of aliphatic carboxylic acids is 1. The van der Waals surface area contributed by atoms with Crippen LogP contribution in [0.4, 0.5) is 13.2 Å². The summed E-state index contributed by atoms with van der Waals surface area (Å²) in [5.41, 5.74) is 1.91. The number of benzene rings is 2. The maximum absolute atomic E-state index is 12.6. The average Bonchev–Trinajstić information content (AvgIpc) is 2.75. The number of nitrogens with zero attached hydrogens (tertiary/aromatic N) is 1. The molecule has 0 saturated heterocycles. The van der Waals surface area contributed by atoms with Crippen molar-refractivity contribution in [2.45, 2.75) is 25.6 Å². The minimum absolute atomic E-state index is 0.180. The smallest absolute Gasteiger partial charge is 0.416 e. The van der Waals surface area contributed by atoms with Gasteiger partial charge in [0.2, 0.25) is 11.8 Å². The molecule has 2 aromatic carbocycles. The highest BCUT2D eigenvalue weighted by molar-refractivity contribution is 6.31. The Morgan fingerprint density at radius 1 is 1.12 bits per heavy atom. The zero-order valence-electron chi connectivity index (χ0n) is 17.3. The van der Waals surface area contributed by atoms with Crippen LogP contribution in [0.5, 0.6) is 0 Å². The van der Waals surface area contributed by atoms with Gasteiger partial charge in [0.25, 0.3) is 0 Å². The summed E-state index contributed by atoms with van der Waals surface area (Å²) in [6.45, 7) is 0.464. The van der Waals surface area contributed by atoms with E-state index in [-0.39, 0.29) is 18.9 Å². The molecule has 33 heavy (non-hydrogen) atoms. The summed E-state index contributed by atoms with van der Waals surface area (Å²) in [7, 11) is 0. The highest BCUT2D eigenvalue weighted by atomic mass is 35.5. The number of hydrogen-bond donors (Lipinski definition) is 2. The van der Waals surface area contributed by atoms with E-state index in [0.29, 0.717) is 35.7 Å². The second-order valence-corrected chi connectivity index (χ2v) is 7.93. The third kappa shape index (κ3) is 6.58. The van der Waals surface area contributed by atoms with E-state index in [0.717, 1.165) is 29.3 Å². The SMILES string of the molecule is O=C(O)Cc1cc2c(cc1Cl)CN(C(=O)CNC(=O)/C=C/c1ccc(C(F)(F)F)cc1)CC2. The molecular weight excluding hydrogens is 461 g/mol. The topological polar surface area (TPSA) is 86.7 Å². The lowest BCUT2D eigenvalue weighted by atomic mass is 9.96. The van der Waals surface area contributed by atoms with E-state index in [1.807, 2.05) is 0 Å². The Hall–Kier alpha value is -3.33. The Kier molecular flexibility index (Phi) is 7.43. The maximum Gasteiger partial charge on any atom is 0.416 e. The number of hydrogen-bond acceptors (Lipinski definition) is 3. The monoisotopic (exact) mass is 480 g/mol. The molecule has 2 N–H and O–H groups in total. The van der Waals surface area contributed by atoms with E-state index in [2.05, 4.69) is 5.32 Å². The van der Waals surface area contributed by atoms with Crippen molar-refractivity contribution in [3.8, 4) is 0 Å². The van der Waals surface area contributed by atoms with E-state index in [4.69, 9.17) is 16.7 Å². The number of alkyl halides is 3. The molecule has 0 fully saturated rings. The molecule has 3 rings (SSSR count). The first-order valence-electron chi connectivity index (χ1n) is 9.96. The Balaban J connectivity index is 1.53. The minimum atomic E-state index is -4.43. The van der Waals surface area contributed by atoms with Gasteiger partial charge in [0.15, 0.2) is 0 Å². The maximum atomic E-state index is 12.6. The minimum Gasteiger partial charge on any atom is -0.481 e. The largest absolute Gasteiger partial charge is 0.481 e. The van der Waals surface area contributed by atoms with Gasteiger partial charge >= 0.3 is 12.1 Å². The fourth-order valence-electron chi connectivity index (χ4n) is 3.43. The Morgan fingerprint density at radius 3 is 2.45 bits per heavy atom. The predicted octanol–water partition coefficient (Wildman–Crippen LogP) is 3.70. The molecule has 1 aliphatic rings. The number of carboxylic acids is 1. The van der Waals surface area contributed by atoms with Gasteiger partial charge < -0.3 is 15.3 Å². The fraction of sp³-hybridized carbons (Fsp3) is 0.261. The van der Waals surface area contributed by atoms with Gasteiger partial charge in [0.05, 0.1) is 18.5 Å². The van der Waals surface area contributed by atoms with E-state index < -0.39 is 23.6 Å². The van der Waals surface area contributed by atoms with Crippen molar-refractivity contribution in [1.29, 1.82) is 0 Å². The molecule has 0 spiro atoms. The lowest BCUT2D eigenvalue weighted by Crippen LogP contribution is -2.42. The van der Waals surface area contributed by atoms with Crippen molar-refractivity contribution in [3.05, 3.63) is 75.3 Å². The number of nitrogens with one attached hydrogen (secondary N) is 1. The number of carboxylic acid groups (broad SMARTS) is 1. The van der Waals surface area contributed by atoms with Crippen LogP contribution in [0.3, 0.4) is 0 Å². The van der Waals surface area contributed by atoms with Crippen molar-refractivity contribution in [1.82, 2.24) is 10.2 Å². The van der Waals surface area contributed by atoms with E-state index in [1.165, 1.54) is 18.2 Å². The quantitative estimate of drug-likeness (QED) is 0.617. The van der Waals surface area contributed by atoms with Crippen molar-refractivity contribution >= 4 is 35.5 Å². The van der Waals surface area contributed by atoms with Gasteiger partial charge in [-0.05, 0) is 52.9 Å². The highest BCUT2D eigenvalue weighted by Gasteiger charge is 2.29. The van der Waals surface area contributed by atoms with Gasteiger partial charge in [-0.25, -0.2) is 0 Å². The first-order valence-corrected chi connectivity index (χ1v) is 10.3. The summed E-state index contributed by atoms with van der Waals surface area (Å²) in [4.78, 5) is 37.0. The van der Waals surface area contributed by atoms with Crippen molar-refractivity contribution < 1.29 is 32.7 Å². The standard InChI is InChI=1S/C23H20ClF3N2O4/c24-19-10-17-13-29(8-7-15(17)9-16(19)11-22(32)33)21(31)12-28-20(30)6-3-14-1-4-18(5-2-14)23(25,26)27/h1-6,9-10H,7-8,11-13H2,(H,28,30)(H,32,33)/b6-3+. The molecule has 0 atom stereocenters. The number of carbonyl (C=O) groups excluding carboxylic acids is 2. The van der Waals surface area contributed by atoms with Crippen LogP contribution in [0.15, 0.2) is 42.5 Å². The van der Waals surface area contributed by atoms with Crippen LogP contribution < -0.4 is 5.32 Å². The Labute approximate surface area is 192 Å². The number of amides is 2. The van der Waals surface area contributed by atoms with E-state index >= 15 is 0 Å². The third-order valence-electron chi connectivity index (χ3n) is 5.15. The van der Waals surface area contributed by atoms with Crippen LogP contribution in [-0.4, -0.2) is 40.9 Å². The summed E-state index contributed by atoms with van der Waals surface area (Å²) in [5, 5.41) is 11.8. The lowest BCUT2D eigenvalue weighted by Gasteiger charge is -2.29. The summed E-state index contributed by atoms with van der Waals surface area (Å²) < 4.78 is 37.7. The number of fused-ring (bicyclic) bond motifs is 1. The van der Waals surface area contributed by atoms with Crippen LogP contribution in [0.1, 0.15) is 27.8 Å². The highest BCUT2D eigenvalue weighted by Crippen LogP contribution is 2.29. The van der Waals surface area contributed by atoms with Gasteiger partial charge in [0, 0.05) is 24.2 Å². The summed E-state index contributed by atoms with van der Waals surface area (Å²) in [5.74, 6) is -1.84. The second kappa shape index (κ2) is 10.1. The number of halogens is 4. The van der Waals surface area contributed by atoms with Gasteiger partial charge in [-0.1, -0.05) is 29.8 Å². The molecule has 6 nitrogen and oxygen atoms in total. The average molecular weight is 481 g/mol. The first-order chi connectivity index (χ1) is 15.5. The summed E-state index contributed by atoms with van der Waals surface area (Å²) in [6, 6.07) is 7.76. The normalized spacial score (nSPS) is 13.6. The molecule has 174 valence electrons. The molecule has 0 aliphatic carbocycles. The molecular formula is C23H20ClF3N2O4. The zero-order valence-corrected chi connectivity index (χ0v) is 18.0. The van der Waals surface area contributed by atoms with Gasteiger partial charge in [-0.2, -0.15) is 13.2 Å². The van der Waals surface area contributed by atoms with Crippen molar-refractivity contribution in [2.24, 2.45) is 0 Å². The summed E-state index contributed by atoms with van der Waals surface area (Å²) >= 11 is 6.16. The van der Waals surface area contributed by atoms with Crippen LogP contribution in [0, 0.1) is 0 Å². The van der Waals surface area contributed by atoms with Crippen molar-refractivity contribution in [3.63, 3.8) is 0 Å². The van der Waals surface area contributed by atoms with Crippen molar-refractivity contribution in [2.75, 3.05) is 13.1 Å².